The molecule has 6 nitrogen and oxygen atoms in total. The molecule has 7 heteroatoms. The second-order valence-corrected chi connectivity index (χ2v) is 5.78. The molecule has 2 aromatic heterocycles. The summed E-state index contributed by atoms with van der Waals surface area (Å²) < 4.78 is 1.70. The Morgan fingerprint density at radius 1 is 1.23 bits per heavy atom. The summed E-state index contributed by atoms with van der Waals surface area (Å²) in [7, 11) is 1.84. The third kappa shape index (κ3) is 3.15. The molecule has 0 fully saturated rings. The first-order chi connectivity index (χ1) is 10.6. The van der Waals surface area contributed by atoms with Crippen molar-refractivity contribution in [1.29, 1.82) is 0 Å². The molecule has 2 N–H and O–H groups in total. The van der Waals surface area contributed by atoms with Crippen molar-refractivity contribution in [2.75, 3.05) is 10.6 Å². The average Bonchev–Trinajstić information content (AvgIpc) is 3.06. The van der Waals surface area contributed by atoms with Crippen LogP contribution in [0.3, 0.4) is 0 Å². The molecule has 112 valence electrons. The number of carbonyl (C=O) groups is 1. The van der Waals surface area contributed by atoms with Gasteiger partial charge in [-0.3, -0.25) is 9.48 Å². The van der Waals surface area contributed by atoms with Gasteiger partial charge in [0.15, 0.2) is 5.13 Å². The van der Waals surface area contributed by atoms with Crippen LogP contribution in [0.2, 0.25) is 0 Å². The number of carbonyl (C=O) groups excluding carboxylic acids is 1. The minimum atomic E-state index is -0.152. The average molecular weight is 313 g/mol. The van der Waals surface area contributed by atoms with Gasteiger partial charge in [0.05, 0.1) is 17.6 Å². The number of nitrogens with zero attached hydrogens (tertiary/aromatic N) is 3. The third-order valence-corrected chi connectivity index (χ3v) is 4.06. The van der Waals surface area contributed by atoms with E-state index in [0.717, 1.165) is 11.4 Å². The number of aromatic nitrogens is 3. The molecule has 1 amide bonds. The number of hydrogen-bond acceptors (Lipinski definition) is 5. The molecule has 3 aromatic rings. The van der Waals surface area contributed by atoms with Crippen molar-refractivity contribution in [3.63, 3.8) is 0 Å². The highest BCUT2D eigenvalue weighted by molar-refractivity contribution is 7.17. The fourth-order valence-electron chi connectivity index (χ4n) is 1.98. The zero-order chi connectivity index (χ0) is 15.5. The molecular weight excluding hydrogens is 298 g/mol. The Bertz CT molecular complexity index is 793. The summed E-state index contributed by atoms with van der Waals surface area (Å²) in [6.45, 7) is 1.82. The zero-order valence-electron chi connectivity index (χ0n) is 12.2. The van der Waals surface area contributed by atoms with Gasteiger partial charge in [-0.25, -0.2) is 4.98 Å². The van der Waals surface area contributed by atoms with Crippen molar-refractivity contribution >= 4 is 33.8 Å². The van der Waals surface area contributed by atoms with Crippen molar-refractivity contribution in [3.05, 3.63) is 53.3 Å². The lowest BCUT2D eigenvalue weighted by atomic mass is 10.3. The summed E-state index contributed by atoms with van der Waals surface area (Å²) in [5, 5.41) is 10.8. The molecule has 0 aliphatic heterocycles. The Kier molecular flexibility index (Phi) is 3.88. The van der Waals surface area contributed by atoms with Crippen LogP contribution in [0.1, 0.15) is 15.4 Å². The van der Waals surface area contributed by atoms with E-state index in [4.69, 9.17) is 0 Å². The van der Waals surface area contributed by atoms with Crippen LogP contribution in [-0.4, -0.2) is 20.7 Å². The molecule has 0 saturated carbocycles. The first-order valence-corrected chi connectivity index (χ1v) is 7.53. The predicted octanol–water partition coefficient (Wildman–Crippen LogP) is 3.18. The van der Waals surface area contributed by atoms with E-state index in [9.17, 15) is 4.79 Å². The molecule has 3 rings (SSSR count). The number of anilines is 3. The van der Waals surface area contributed by atoms with Crippen molar-refractivity contribution in [2.45, 2.75) is 6.92 Å². The summed E-state index contributed by atoms with van der Waals surface area (Å²) in [4.78, 5) is 17.3. The molecule has 0 radical (unpaired) electrons. The fraction of sp³-hybridized carbons (Fsp3) is 0.133. The minimum Gasteiger partial charge on any atom is -0.329 e. The van der Waals surface area contributed by atoms with E-state index in [1.165, 1.54) is 11.3 Å². The van der Waals surface area contributed by atoms with Crippen LogP contribution in [0.5, 0.6) is 0 Å². The third-order valence-electron chi connectivity index (χ3n) is 2.99. The number of rotatable bonds is 4. The van der Waals surface area contributed by atoms with Crippen molar-refractivity contribution in [2.24, 2.45) is 7.05 Å². The molecule has 1 aromatic carbocycles. The molecular formula is C15H15N5OS. The van der Waals surface area contributed by atoms with E-state index < -0.39 is 0 Å². The van der Waals surface area contributed by atoms with Crippen LogP contribution in [0.15, 0.2) is 42.7 Å². The summed E-state index contributed by atoms with van der Waals surface area (Å²) in [6.07, 6.45) is 3.56. The number of nitrogens with one attached hydrogen (secondary N) is 2. The standard InChI is InChI=1S/C15H15N5OS/c1-10-13(14(21)18-11-6-4-3-5-7-11)22-15(17-10)19-12-8-16-20(2)9-12/h3-9H,1-2H3,(H,17,19)(H,18,21). The van der Waals surface area contributed by atoms with Gasteiger partial charge in [-0.1, -0.05) is 29.5 Å². The number of para-hydroxylation sites is 1. The maximum absolute atomic E-state index is 12.3. The predicted molar refractivity (Wildman–Crippen MR) is 87.7 cm³/mol. The van der Waals surface area contributed by atoms with E-state index in [-0.39, 0.29) is 5.91 Å². The van der Waals surface area contributed by atoms with Gasteiger partial charge in [-0.15, -0.1) is 0 Å². The molecule has 0 aliphatic carbocycles. The molecule has 0 saturated heterocycles. The van der Waals surface area contributed by atoms with Crippen LogP contribution < -0.4 is 10.6 Å². The second kappa shape index (κ2) is 5.98. The highest BCUT2D eigenvalue weighted by Crippen LogP contribution is 2.26. The summed E-state index contributed by atoms with van der Waals surface area (Å²) >= 11 is 1.32. The normalized spacial score (nSPS) is 10.5. The van der Waals surface area contributed by atoms with Crippen LogP contribution >= 0.6 is 11.3 Å². The van der Waals surface area contributed by atoms with Gasteiger partial charge < -0.3 is 10.6 Å². The Labute approximate surface area is 131 Å². The van der Waals surface area contributed by atoms with Gasteiger partial charge in [0.25, 0.3) is 5.91 Å². The van der Waals surface area contributed by atoms with E-state index in [2.05, 4.69) is 20.7 Å². The Hall–Kier alpha value is -2.67. The lowest BCUT2D eigenvalue weighted by molar-refractivity contribution is 0.103. The van der Waals surface area contributed by atoms with Crippen LogP contribution in [0.25, 0.3) is 0 Å². The number of amides is 1. The largest absolute Gasteiger partial charge is 0.329 e. The molecule has 0 unspecified atom stereocenters. The van der Waals surface area contributed by atoms with Crippen molar-refractivity contribution in [1.82, 2.24) is 14.8 Å². The van der Waals surface area contributed by atoms with E-state index in [1.54, 1.807) is 10.9 Å². The topological polar surface area (TPSA) is 71.8 Å². The minimum absolute atomic E-state index is 0.152. The van der Waals surface area contributed by atoms with E-state index in [0.29, 0.717) is 15.7 Å². The zero-order valence-corrected chi connectivity index (χ0v) is 13.0. The van der Waals surface area contributed by atoms with Crippen molar-refractivity contribution < 1.29 is 4.79 Å². The maximum atomic E-state index is 12.3. The second-order valence-electron chi connectivity index (χ2n) is 4.78. The maximum Gasteiger partial charge on any atom is 0.267 e. The first kappa shape index (κ1) is 14.3. The van der Waals surface area contributed by atoms with Crippen LogP contribution in [-0.2, 0) is 7.05 Å². The number of hydrogen-bond donors (Lipinski definition) is 2. The van der Waals surface area contributed by atoms with E-state index >= 15 is 0 Å². The van der Waals surface area contributed by atoms with Gasteiger partial charge in [0.2, 0.25) is 0 Å². The molecule has 0 atom stereocenters. The quantitative estimate of drug-likeness (QED) is 0.776. The van der Waals surface area contributed by atoms with E-state index in [1.807, 2.05) is 50.5 Å². The Balaban J connectivity index is 1.75. The summed E-state index contributed by atoms with van der Waals surface area (Å²) in [6, 6.07) is 9.37. The lowest BCUT2D eigenvalue weighted by Gasteiger charge is -2.02. The molecule has 22 heavy (non-hydrogen) atoms. The SMILES string of the molecule is Cc1nc(Nc2cnn(C)c2)sc1C(=O)Nc1ccccc1. The van der Waals surface area contributed by atoms with Crippen molar-refractivity contribution in [3.8, 4) is 0 Å². The fourth-order valence-corrected chi connectivity index (χ4v) is 2.86. The number of thiazole rings is 1. The number of aryl methyl sites for hydroxylation is 2. The molecule has 2 heterocycles. The Morgan fingerprint density at radius 3 is 2.68 bits per heavy atom. The van der Waals surface area contributed by atoms with Gasteiger partial charge in [-0.05, 0) is 19.1 Å². The molecule has 0 spiro atoms. The highest BCUT2D eigenvalue weighted by atomic mass is 32.1. The highest BCUT2D eigenvalue weighted by Gasteiger charge is 2.15. The smallest absolute Gasteiger partial charge is 0.267 e. The van der Waals surface area contributed by atoms with Gasteiger partial charge in [0.1, 0.15) is 4.88 Å². The van der Waals surface area contributed by atoms with Crippen LogP contribution in [0, 0.1) is 6.92 Å². The lowest BCUT2D eigenvalue weighted by Crippen LogP contribution is -2.11. The molecule has 0 aliphatic rings. The van der Waals surface area contributed by atoms with Crippen LogP contribution in [0.4, 0.5) is 16.5 Å². The first-order valence-electron chi connectivity index (χ1n) is 6.71. The van der Waals surface area contributed by atoms with Gasteiger partial charge in [0, 0.05) is 18.9 Å². The Morgan fingerprint density at radius 2 is 2.00 bits per heavy atom. The summed E-state index contributed by atoms with van der Waals surface area (Å²) in [5.41, 5.74) is 2.30. The van der Waals surface area contributed by atoms with Gasteiger partial charge in [-0.2, -0.15) is 5.10 Å². The van der Waals surface area contributed by atoms with Gasteiger partial charge >= 0.3 is 0 Å². The monoisotopic (exact) mass is 313 g/mol. The molecule has 0 bridgehead atoms. The number of benzene rings is 1. The summed E-state index contributed by atoms with van der Waals surface area (Å²) in [5.74, 6) is -0.152.